The number of thiophene rings is 1. The van der Waals surface area contributed by atoms with Gasteiger partial charge in [0.25, 0.3) is 8.32 Å². The summed E-state index contributed by atoms with van der Waals surface area (Å²) in [6, 6.07) is 32.3. The summed E-state index contributed by atoms with van der Waals surface area (Å²) in [4.78, 5) is 12.0. The molecule has 1 aliphatic rings. The minimum atomic E-state index is -2.88. The number of hydrogen-bond donors (Lipinski definition) is 2. The largest absolute Gasteiger partial charge is 0.481 e. The highest BCUT2D eigenvalue weighted by Crippen LogP contribution is 2.44. The van der Waals surface area contributed by atoms with Crippen LogP contribution in [0.2, 0.25) is 5.04 Å². The van der Waals surface area contributed by atoms with Gasteiger partial charge in [0.1, 0.15) is 0 Å². The van der Waals surface area contributed by atoms with E-state index in [1.807, 2.05) is 6.08 Å². The average Bonchev–Trinajstić information content (AvgIpc) is 3.58. The number of rotatable bonds is 13. The van der Waals surface area contributed by atoms with E-state index in [1.54, 1.807) is 11.3 Å². The van der Waals surface area contributed by atoms with Crippen LogP contribution in [-0.2, 0) is 9.22 Å². The lowest BCUT2D eigenvalue weighted by atomic mass is 9.89. The Kier molecular flexibility index (Phi) is 11.0. The lowest BCUT2D eigenvalue weighted by molar-refractivity contribution is -0.137. The van der Waals surface area contributed by atoms with Crippen LogP contribution < -0.4 is 10.4 Å². The molecule has 0 bridgehead atoms. The Bertz CT molecular complexity index is 1600. The third kappa shape index (κ3) is 7.53. The first kappa shape index (κ1) is 33.8. The Morgan fingerprint density at radius 1 is 1.00 bits per heavy atom. The fourth-order valence-electron chi connectivity index (χ4n) is 6.86. The van der Waals surface area contributed by atoms with Crippen molar-refractivity contribution in [3.05, 3.63) is 132 Å². The number of aliphatic hydroxyl groups is 1. The minimum absolute atomic E-state index is 0.00963. The van der Waals surface area contributed by atoms with E-state index in [0.717, 1.165) is 16.9 Å². The number of carboxylic acid groups (broad SMARTS) is 1. The number of carboxylic acids is 1. The Hall–Kier alpha value is -3.55. The molecule has 1 fully saturated rings. The van der Waals surface area contributed by atoms with Crippen molar-refractivity contribution in [2.24, 2.45) is 11.8 Å². The molecule has 5 rings (SSSR count). The lowest BCUT2D eigenvalue weighted by Crippen LogP contribution is -2.66. The molecule has 4 aromatic rings. The fraction of sp³-hybridized carbons (Fsp3) is 0.325. The summed E-state index contributed by atoms with van der Waals surface area (Å²) in [5.74, 6) is -0.747. The maximum absolute atomic E-state index is 11.0. The molecule has 1 saturated carbocycles. The zero-order valence-corrected chi connectivity index (χ0v) is 29.0. The van der Waals surface area contributed by atoms with Crippen molar-refractivity contribution in [3.8, 4) is 0 Å². The van der Waals surface area contributed by atoms with Crippen LogP contribution in [0.4, 0.5) is 0 Å². The number of fused-ring (bicyclic) bond motifs is 1. The second kappa shape index (κ2) is 14.9. The van der Waals surface area contributed by atoms with Gasteiger partial charge < -0.3 is 14.6 Å². The third-order valence-electron chi connectivity index (χ3n) is 9.17. The van der Waals surface area contributed by atoms with E-state index in [2.05, 4.69) is 137 Å². The van der Waals surface area contributed by atoms with E-state index >= 15 is 0 Å². The topological polar surface area (TPSA) is 66.8 Å². The Balaban J connectivity index is 1.54. The molecule has 240 valence electrons. The van der Waals surface area contributed by atoms with E-state index < -0.39 is 20.4 Å². The molecule has 1 heterocycles. The summed E-state index contributed by atoms with van der Waals surface area (Å²) < 4.78 is 8.93. The summed E-state index contributed by atoms with van der Waals surface area (Å²) in [7, 11) is -2.88. The highest BCUT2D eigenvalue weighted by atomic mass is 32.1. The van der Waals surface area contributed by atoms with Crippen molar-refractivity contribution < 1.29 is 19.4 Å². The predicted molar refractivity (Wildman–Crippen MR) is 194 cm³/mol. The lowest BCUT2D eigenvalue weighted by Gasteiger charge is -2.44. The van der Waals surface area contributed by atoms with Crippen LogP contribution in [0.3, 0.4) is 0 Å². The number of benzene rings is 3. The van der Waals surface area contributed by atoms with Crippen LogP contribution in [0.15, 0.2) is 127 Å². The van der Waals surface area contributed by atoms with Gasteiger partial charge >= 0.3 is 5.97 Å². The highest BCUT2D eigenvalue weighted by molar-refractivity contribution is 7.19. The van der Waals surface area contributed by atoms with Crippen molar-refractivity contribution in [1.82, 2.24) is 0 Å². The van der Waals surface area contributed by atoms with Gasteiger partial charge in [-0.15, -0.1) is 11.3 Å². The second-order valence-corrected chi connectivity index (χ2v) is 18.8. The first-order valence-electron chi connectivity index (χ1n) is 16.3. The Morgan fingerprint density at radius 3 is 2.24 bits per heavy atom. The molecule has 2 N–H and O–H groups in total. The number of unbranched alkanes of at least 4 members (excludes halogenated alkanes) is 1. The van der Waals surface area contributed by atoms with Crippen LogP contribution in [0.5, 0.6) is 0 Å². The number of aliphatic hydroxyl groups excluding tert-OH is 1. The van der Waals surface area contributed by atoms with Gasteiger partial charge in [0.2, 0.25) is 0 Å². The summed E-state index contributed by atoms with van der Waals surface area (Å²) in [5, 5.41) is 23.5. The molecule has 0 spiro atoms. The summed E-state index contributed by atoms with van der Waals surface area (Å²) in [6.07, 6.45) is 10.6. The van der Waals surface area contributed by atoms with E-state index in [9.17, 15) is 9.90 Å². The normalized spacial score (nSPS) is 19.8. The van der Waals surface area contributed by atoms with E-state index in [0.29, 0.717) is 19.3 Å². The minimum Gasteiger partial charge on any atom is -0.481 e. The molecule has 0 radical (unpaired) electrons. The van der Waals surface area contributed by atoms with Crippen LogP contribution in [-0.4, -0.2) is 30.6 Å². The first-order chi connectivity index (χ1) is 22.1. The summed E-state index contributed by atoms with van der Waals surface area (Å²) in [6.45, 7) is 11.3. The van der Waals surface area contributed by atoms with Gasteiger partial charge in [-0.1, -0.05) is 136 Å². The van der Waals surface area contributed by atoms with E-state index in [1.165, 1.54) is 20.5 Å². The second-order valence-electron chi connectivity index (χ2n) is 13.4. The standard InChI is InChI=1S/C40H46O4SSi/c1-29-27-35(41)34(22-13-5-6-14-24-39(42)43)33(29)25-26-36(38-28-30-17-15-16-23-37(30)45-38)44-46(40(2,3)4,31-18-9-7-10-19-31)32-20-11-8-12-21-32/h5,7-13,15-21,23,25-26,28,33-36,41H,1,6,14,22,24,27H2,2-4H3,(H,42,43)/t33-,34+,35-,36?/m0/s1. The molecule has 6 heteroatoms. The quantitative estimate of drug-likeness (QED) is 0.0862. The van der Waals surface area contributed by atoms with Crippen molar-refractivity contribution >= 4 is 46.1 Å². The van der Waals surface area contributed by atoms with Crippen molar-refractivity contribution in [2.75, 3.05) is 0 Å². The molecule has 3 aromatic carbocycles. The average molecular weight is 651 g/mol. The molecule has 0 amide bonds. The molecule has 0 aliphatic heterocycles. The van der Waals surface area contributed by atoms with Gasteiger partial charge in [-0.2, -0.15) is 0 Å². The number of hydrogen-bond acceptors (Lipinski definition) is 4. The molecular weight excluding hydrogens is 605 g/mol. The van der Waals surface area contributed by atoms with Crippen molar-refractivity contribution in [2.45, 2.75) is 70.1 Å². The smallest absolute Gasteiger partial charge is 0.303 e. The van der Waals surface area contributed by atoms with Crippen LogP contribution in [0.1, 0.15) is 63.9 Å². The SMILES string of the molecule is C=C1C[C@H](O)[C@H](CC=CCCCC(=O)O)[C@H]1C=CC(O[Si](c1ccccc1)(c1ccccc1)C(C)(C)C)c1cc2ccccc2s1. The van der Waals surface area contributed by atoms with Gasteiger partial charge in [-0.25, -0.2) is 0 Å². The highest BCUT2D eigenvalue weighted by Gasteiger charge is 2.51. The van der Waals surface area contributed by atoms with Gasteiger partial charge in [0.05, 0.1) is 12.2 Å². The molecular formula is C40H46O4SSi. The third-order valence-corrected chi connectivity index (χ3v) is 15.4. The van der Waals surface area contributed by atoms with Gasteiger partial charge in [-0.05, 0) is 64.5 Å². The molecule has 0 saturated heterocycles. The van der Waals surface area contributed by atoms with Crippen LogP contribution in [0.25, 0.3) is 10.1 Å². The number of aliphatic carboxylic acids is 1. The molecule has 46 heavy (non-hydrogen) atoms. The maximum Gasteiger partial charge on any atom is 0.303 e. The van der Waals surface area contributed by atoms with Crippen molar-refractivity contribution in [1.29, 1.82) is 0 Å². The number of carbonyl (C=O) groups is 1. The predicted octanol–water partition coefficient (Wildman–Crippen LogP) is 8.83. The van der Waals surface area contributed by atoms with Crippen molar-refractivity contribution in [3.63, 3.8) is 0 Å². The summed E-state index contributed by atoms with van der Waals surface area (Å²) in [5.41, 5.74) is 1.04. The monoisotopic (exact) mass is 650 g/mol. The van der Waals surface area contributed by atoms with E-state index in [-0.39, 0.29) is 29.4 Å². The van der Waals surface area contributed by atoms with Gasteiger partial charge in [0, 0.05) is 21.9 Å². The molecule has 1 unspecified atom stereocenters. The Morgan fingerprint density at radius 2 is 1.63 bits per heavy atom. The molecule has 4 atom stereocenters. The van der Waals surface area contributed by atoms with Crippen LogP contribution in [0, 0.1) is 11.8 Å². The molecule has 4 nitrogen and oxygen atoms in total. The van der Waals surface area contributed by atoms with Gasteiger partial charge in [-0.3, -0.25) is 4.79 Å². The molecule has 1 aliphatic carbocycles. The number of allylic oxidation sites excluding steroid dienone is 3. The van der Waals surface area contributed by atoms with E-state index in [4.69, 9.17) is 9.53 Å². The zero-order chi connectivity index (χ0) is 32.7. The Labute approximate surface area is 278 Å². The van der Waals surface area contributed by atoms with Crippen LogP contribution >= 0.6 is 11.3 Å². The fourth-order valence-corrected chi connectivity index (χ4v) is 12.6. The zero-order valence-electron chi connectivity index (χ0n) is 27.1. The molecule has 1 aromatic heterocycles. The summed E-state index contributed by atoms with van der Waals surface area (Å²) >= 11 is 1.78. The first-order valence-corrected chi connectivity index (χ1v) is 19.0. The van der Waals surface area contributed by atoms with Gasteiger partial charge in [0.15, 0.2) is 0 Å². The maximum atomic E-state index is 11.0.